The van der Waals surface area contributed by atoms with Gasteiger partial charge in [0.05, 0.1) is 18.8 Å². The molecule has 7 nitrogen and oxygen atoms in total. The average molecular weight is 526 g/mol. The number of likely N-dealkylation sites (N-methyl/N-ethyl adjacent to an activating group) is 1. The number of carbonyl (C=O) groups excluding carboxylic acids is 3. The molecule has 0 amide bonds. The standard InChI is InChI=1S/C25H36BrNO6/c1-6-32-21(29)24(13-16(3)26,22(30)33-7-2)20-19-12-18(28)15-23(19,27(4)5)14-17-10-8-9-11-25(17,20)31/h12,17,20,31H,3,6-11,13-15H2,1-2,4-5H3. The molecule has 0 radical (unpaired) electrons. The number of hydrogen-bond acceptors (Lipinski definition) is 7. The van der Waals surface area contributed by atoms with E-state index in [0.717, 1.165) is 19.3 Å². The minimum Gasteiger partial charge on any atom is -0.465 e. The smallest absolute Gasteiger partial charge is 0.324 e. The fraction of sp³-hybridized carbons (Fsp3) is 0.720. The number of hydrogen-bond donors (Lipinski definition) is 1. The second kappa shape index (κ2) is 9.62. The number of halogens is 1. The number of esters is 2. The van der Waals surface area contributed by atoms with E-state index in [1.54, 1.807) is 19.9 Å². The predicted octanol–water partition coefficient (Wildman–Crippen LogP) is 3.54. The highest BCUT2D eigenvalue weighted by atomic mass is 79.9. The van der Waals surface area contributed by atoms with Gasteiger partial charge in [-0.3, -0.25) is 19.3 Å². The first kappa shape index (κ1) is 26.1. The van der Waals surface area contributed by atoms with E-state index in [1.165, 1.54) is 0 Å². The van der Waals surface area contributed by atoms with Gasteiger partial charge in [-0.2, -0.15) is 0 Å². The molecule has 0 aliphatic heterocycles. The van der Waals surface area contributed by atoms with Gasteiger partial charge in [-0.1, -0.05) is 35.4 Å². The Hall–Kier alpha value is -1.51. The van der Waals surface area contributed by atoms with Crippen molar-refractivity contribution >= 4 is 33.7 Å². The highest BCUT2D eigenvalue weighted by Gasteiger charge is 2.70. The minimum absolute atomic E-state index is 0.0646. The van der Waals surface area contributed by atoms with Gasteiger partial charge >= 0.3 is 11.9 Å². The third-order valence-corrected chi connectivity index (χ3v) is 8.18. The number of rotatable bonds is 8. The molecular weight excluding hydrogens is 490 g/mol. The summed E-state index contributed by atoms with van der Waals surface area (Å²) in [5.74, 6) is -2.70. The number of ketones is 1. The van der Waals surface area contributed by atoms with Gasteiger partial charge in [-0.15, -0.1) is 0 Å². The van der Waals surface area contributed by atoms with Crippen LogP contribution in [0, 0.1) is 17.3 Å². The molecule has 0 aromatic heterocycles. The van der Waals surface area contributed by atoms with Crippen LogP contribution >= 0.6 is 15.9 Å². The Balaban J connectivity index is 2.37. The third kappa shape index (κ3) is 4.12. The maximum Gasteiger partial charge on any atom is 0.324 e. The second-order valence-corrected chi connectivity index (χ2v) is 11.0. The molecule has 33 heavy (non-hydrogen) atoms. The molecule has 2 saturated carbocycles. The van der Waals surface area contributed by atoms with Gasteiger partial charge in [0.15, 0.2) is 11.2 Å². The van der Waals surface area contributed by atoms with Crippen molar-refractivity contribution in [2.45, 2.75) is 69.9 Å². The summed E-state index contributed by atoms with van der Waals surface area (Å²) in [4.78, 5) is 42.4. The van der Waals surface area contributed by atoms with Crippen LogP contribution in [0.25, 0.3) is 0 Å². The first-order valence-electron chi connectivity index (χ1n) is 11.8. The lowest BCUT2D eigenvalue weighted by Gasteiger charge is -2.60. The van der Waals surface area contributed by atoms with E-state index in [1.807, 2.05) is 19.0 Å². The average Bonchev–Trinajstić information content (AvgIpc) is 3.06. The third-order valence-electron chi connectivity index (χ3n) is 7.90. The van der Waals surface area contributed by atoms with Gasteiger partial charge in [0.25, 0.3) is 0 Å². The van der Waals surface area contributed by atoms with Crippen molar-refractivity contribution in [3.8, 4) is 0 Å². The lowest BCUT2D eigenvalue weighted by molar-refractivity contribution is -0.199. The molecular formula is C25H36BrNO6. The Bertz CT molecular complexity index is 849. The summed E-state index contributed by atoms with van der Waals surface area (Å²) in [5, 5.41) is 12.3. The van der Waals surface area contributed by atoms with E-state index >= 15 is 0 Å². The van der Waals surface area contributed by atoms with Crippen molar-refractivity contribution in [3.05, 3.63) is 22.7 Å². The van der Waals surface area contributed by atoms with Crippen molar-refractivity contribution in [1.29, 1.82) is 0 Å². The largest absolute Gasteiger partial charge is 0.465 e. The van der Waals surface area contributed by atoms with Gasteiger partial charge in [0.2, 0.25) is 0 Å². The van der Waals surface area contributed by atoms with E-state index in [9.17, 15) is 19.5 Å². The molecule has 0 saturated heterocycles. The molecule has 4 unspecified atom stereocenters. The second-order valence-electron chi connectivity index (χ2n) is 9.85. The first-order valence-corrected chi connectivity index (χ1v) is 12.6. The van der Waals surface area contributed by atoms with Crippen LogP contribution in [0.4, 0.5) is 0 Å². The van der Waals surface area contributed by atoms with E-state index in [-0.39, 0.29) is 37.8 Å². The lowest BCUT2D eigenvalue weighted by atomic mass is 9.48. The number of fused-ring (bicyclic) bond motifs is 2. The molecule has 8 heteroatoms. The Labute approximate surface area is 204 Å². The summed E-state index contributed by atoms with van der Waals surface area (Å²) in [7, 11) is 3.83. The molecule has 1 N–H and O–H groups in total. The molecule has 3 rings (SSSR count). The Kier molecular flexibility index (Phi) is 7.61. The van der Waals surface area contributed by atoms with Gasteiger partial charge in [0.1, 0.15) is 0 Å². The highest BCUT2D eigenvalue weighted by molar-refractivity contribution is 9.11. The van der Waals surface area contributed by atoms with Crippen LogP contribution in [0.1, 0.15) is 58.8 Å². The van der Waals surface area contributed by atoms with Crippen molar-refractivity contribution in [2.24, 2.45) is 17.3 Å². The number of nitrogens with zero attached hydrogens (tertiary/aromatic N) is 1. The molecule has 3 aliphatic carbocycles. The predicted molar refractivity (Wildman–Crippen MR) is 128 cm³/mol. The number of aliphatic hydroxyl groups is 1. The van der Waals surface area contributed by atoms with E-state index < -0.39 is 34.4 Å². The quantitative estimate of drug-likeness (QED) is 0.382. The number of allylic oxidation sites excluding steroid dienone is 2. The Morgan fingerprint density at radius 2 is 1.85 bits per heavy atom. The Morgan fingerprint density at radius 3 is 2.36 bits per heavy atom. The lowest BCUT2D eigenvalue weighted by Crippen LogP contribution is -2.68. The number of ether oxygens (including phenoxy) is 2. The topological polar surface area (TPSA) is 93.1 Å². The summed E-state index contributed by atoms with van der Waals surface area (Å²) >= 11 is 3.36. The summed E-state index contributed by atoms with van der Waals surface area (Å²) in [5.41, 5.74) is -3.26. The van der Waals surface area contributed by atoms with Gasteiger partial charge in [0, 0.05) is 24.3 Å². The maximum atomic E-state index is 13.8. The van der Waals surface area contributed by atoms with Crippen molar-refractivity contribution in [3.63, 3.8) is 0 Å². The van der Waals surface area contributed by atoms with Gasteiger partial charge in [-0.25, -0.2) is 0 Å². The molecule has 0 aromatic carbocycles. The molecule has 184 valence electrons. The molecule has 0 heterocycles. The van der Waals surface area contributed by atoms with Crippen LogP contribution in [0.3, 0.4) is 0 Å². The maximum absolute atomic E-state index is 13.8. The minimum atomic E-state index is -1.87. The van der Waals surface area contributed by atoms with Crippen LogP contribution in [0.15, 0.2) is 22.7 Å². The fourth-order valence-electron chi connectivity index (χ4n) is 6.56. The molecule has 0 spiro atoms. The van der Waals surface area contributed by atoms with Crippen molar-refractivity contribution in [2.75, 3.05) is 27.3 Å². The van der Waals surface area contributed by atoms with E-state index in [0.29, 0.717) is 22.9 Å². The summed E-state index contributed by atoms with van der Waals surface area (Å²) in [6.07, 6.45) is 5.24. The van der Waals surface area contributed by atoms with Crippen molar-refractivity contribution < 1.29 is 29.0 Å². The molecule has 2 fully saturated rings. The summed E-state index contributed by atoms with van der Waals surface area (Å²) < 4.78 is 11.4. The highest BCUT2D eigenvalue weighted by Crippen LogP contribution is 2.63. The molecule has 4 atom stereocenters. The SMILES string of the molecule is C=C(Br)CC(C(=O)OCC)(C(=O)OCC)C1C2=CC(=O)CC2(N(C)C)CC2CCCCC21O. The van der Waals surface area contributed by atoms with Crippen LogP contribution in [0.5, 0.6) is 0 Å². The molecule has 0 aromatic rings. The zero-order valence-electron chi connectivity index (χ0n) is 20.1. The summed E-state index contributed by atoms with van der Waals surface area (Å²) in [6.45, 7) is 7.42. The van der Waals surface area contributed by atoms with Gasteiger partial charge in [-0.05, 0) is 69.3 Å². The first-order chi connectivity index (χ1) is 15.5. The zero-order chi connectivity index (χ0) is 24.6. The zero-order valence-corrected chi connectivity index (χ0v) is 21.7. The van der Waals surface area contributed by atoms with Crippen molar-refractivity contribution in [1.82, 2.24) is 4.90 Å². The molecule has 3 aliphatic rings. The van der Waals surface area contributed by atoms with Crippen LogP contribution in [-0.4, -0.2) is 66.2 Å². The Morgan fingerprint density at radius 1 is 1.24 bits per heavy atom. The number of carbonyl (C=O) groups is 3. The summed E-state index contributed by atoms with van der Waals surface area (Å²) in [6, 6.07) is 0. The van der Waals surface area contributed by atoms with E-state index in [4.69, 9.17) is 9.47 Å². The van der Waals surface area contributed by atoms with Gasteiger partial charge < -0.3 is 14.6 Å². The van der Waals surface area contributed by atoms with Crippen LogP contribution < -0.4 is 0 Å². The monoisotopic (exact) mass is 525 g/mol. The molecule has 0 bridgehead atoms. The fourth-order valence-corrected chi connectivity index (χ4v) is 7.00. The van der Waals surface area contributed by atoms with E-state index in [2.05, 4.69) is 22.5 Å². The normalized spacial score (nSPS) is 31.5. The van der Waals surface area contributed by atoms with Crippen LogP contribution in [-0.2, 0) is 23.9 Å². The van der Waals surface area contributed by atoms with Crippen LogP contribution in [0.2, 0.25) is 0 Å².